The van der Waals surface area contributed by atoms with Crippen molar-refractivity contribution in [1.82, 2.24) is 10.3 Å². The molecule has 0 aliphatic rings. The molecule has 0 saturated carbocycles. The molecule has 0 aliphatic carbocycles. The van der Waals surface area contributed by atoms with E-state index < -0.39 is 0 Å². The maximum Gasteiger partial charge on any atom is 0.0960 e. The number of aliphatic hydroxyl groups is 1. The Labute approximate surface area is 112 Å². The molecule has 0 aromatic carbocycles. The maximum atomic E-state index is 9.18. The Balaban J connectivity index is 2.23. The lowest BCUT2D eigenvalue weighted by Gasteiger charge is -2.15. The van der Waals surface area contributed by atoms with Gasteiger partial charge in [0, 0.05) is 18.0 Å². The van der Waals surface area contributed by atoms with Crippen LogP contribution < -0.4 is 5.32 Å². The van der Waals surface area contributed by atoms with Crippen molar-refractivity contribution in [3.8, 4) is 0 Å². The summed E-state index contributed by atoms with van der Waals surface area (Å²) in [5.74, 6) is 0.941. The Kier molecular flexibility index (Phi) is 7.60. The van der Waals surface area contributed by atoms with Gasteiger partial charge in [-0.05, 0) is 31.5 Å². The van der Waals surface area contributed by atoms with Crippen molar-refractivity contribution in [1.29, 1.82) is 0 Å². The number of nitrogens with one attached hydrogen (secondary N) is 1. The number of pyridine rings is 1. The molecule has 1 aromatic heterocycles. The van der Waals surface area contributed by atoms with E-state index in [4.69, 9.17) is 11.6 Å². The van der Waals surface area contributed by atoms with Crippen LogP contribution in [-0.4, -0.2) is 35.0 Å². The predicted molar refractivity (Wildman–Crippen MR) is 73.8 cm³/mol. The average molecular weight is 275 g/mol. The van der Waals surface area contributed by atoms with Crippen LogP contribution in [0.5, 0.6) is 0 Å². The zero-order valence-corrected chi connectivity index (χ0v) is 11.6. The van der Waals surface area contributed by atoms with Crippen LogP contribution in [0.2, 0.25) is 5.02 Å². The van der Waals surface area contributed by atoms with Gasteiger partial charge in [0.2, 0.25) is 0 Å². The van der Waals surface area contributed by atoms with E-state index in [1.165, 1.54) is 0 Å². The van der Waals surface area contributed by atoms with Gasteiger partial charge in [0.1, 0.15) is 0 Å². The SMILES string of the molecule is CCCNC(CO)CCSc1ccc(Cl)cn1. The molecule has 3 nitrogen and oxygen atoms in total. The van der Waals surface area contributed by atoms with Crippen molar-refractivity contribution >= 4 is 23.4 Å². The molecule has 0 spiro atoms. The summed E-state index contributed by atoms with van der Waals surface area (Å²) in [6.07, 6.45) is 3.68. The first-order valence-electron chi connectivity index (χ1n) is 5.85. The number of rotatable bonds is 8. The van der Waals surface area contributed by atoms with E-state index in [1.54, 1.807) is 18.0 Å². The highest BCUT2D eigenvalue weighted by atomic mass is 35.5. The lowest BCUT2D eigenvalue weighted by Crippen LogP contribution is -2.33. The quantitative estimate of drug-likeness (QED) is 0.715. The molecule has 0 fully saturated rings. The Hall–Kier alpha value is -0.290. The third-order valence-electron chi connectivity index (χ3n) is 2.32. The van der Waals surface area contributed by atoms with Crippen molar-refractivity contribution < 1.29 is 5.11 Å². The first kappa shape index (κ1) is 14.8. The van der Waals surface area contributed by atoms with Gasteiger partial charge < -0.3 is 10.4 Å². The van der Waals surface area contributed by atoms with E-state index in [-0.39, 0.29) is 12.6 Å². The number of halogens is 1. The van der Waals surface area contributed by atoms with E-state index in [0.29, 0.717) is 5.02 Å². The number of aliphatic hydroxyl groups excluding tert-OH is 1. The monoisotopic (exact) mass is 274 g/mol. The largest absolute Gasteiger partial charge is 0.395 e. The molecule has 17 heavy (non-hydrogen) atoms. The average Bonchev–Trinajstić information content (AvgIpc) is 2.36. The standard InChI is InChI=1S/C12H19ClN2OS/c1-2-6-14-11(9-16)5-7-17-12-4-3-10(13)8-15-12/h3-4,8,11,14,16H,2,5-7,9H2,1H3. The third kappa shape index (κ3) is 6.27. The Morgan fingerprint density at radius 1 is 1.53 bits per heavy atom. The molecule has 2 N–H and O–H groups in total. The zero-order chi connectivity index (χ0) is 12.5. The minimum absolute atomic E-state index is 0.189. The Morgan fingerprint density at radius 2 is 2.35 bits per heavy atom. The molecule has 0 amide bonds. The number of thioether (sulfide) groups is 1. The summed E-state index contributed by atoms with van der Waals surface area (Å²) in [4.78, 5) is 4.21. The highest BCUT2D eigenvalue weighted by Gasteiger charge is 2.06. The fourth-order valence-electron chi connectivity index (χ4n) is 1.36. The van der Waals surface area contributed by atoms with Crippen molar-refractivity contribution in [2.45, 2.75) is 30.8 Å². The van der Waals surface area contributed by atoms with E-state index in [0.717, 1.165) is 30.2 Å². The Morgan fingerprint density at radius 3 is 2.94 bits per heavy atom. The van der Waals surface area contributed by atoms with E-state index in [2.05, 4.69) is 17.2 Å². The molecule has 1 heterocycles. The predicted octanol–water partition coefficient (Wildman–Crippen LogP) is 2.58. The molecule has 5 heteroatoms. The summed E-state index contributed by atoms with van der Waals surface area (Å²) >= 11 is 7.45. The van der Waals surface area contributed by atoms with Crippen molar-refractivity contribution in [2.75, 3.05) is 18.9 Å². The summed E-state index contributed by atoms with van der Waals surface area (Å²) in [7, 11) is 0. The van der Waals surface area contributed by atoms with Gasteiger partial charge >= 0.3 is 0 Å². The van der Waals surface area contributed by atoms with Gasteiger partial charge in [-0.1, -0.05) is 18.5 Å². The van der Waals surface area contributed by atoms with Gasteiger partial charge in [-0.15, -0.1) is 11.8 Å². The molecular weight excluding hydrogens is 256 g/mol. The second kappa shape index (κ2) is 8.75. The normalized spacial score (nSPS) is 12.6. The van der Waals surface area contributed by atoms with Crippen LogP contribution >= 0.6 is 23.4 Å². The van der Waals surface area contributed by atoms with Crippen LogP contribution in [0.15, 0.2) is 23.4 Å². The van der Waals surface area contributed by atoms with Crippen LogP contribution in [0.4, 0.5) is 0 Å². The van der Waals surface area contributed by atoms with Crippen LogP contribution in [-0.2, 0) is 0 Å². The summed E-state index contributed by atoms with van der Waals surface area (Å²) in [5.41, 5.74) is 0. The highest BCUT2D eigenvalue weighted by molar-refractivity contribution is 7.99. The molecule has 1 unspecified atom stereocenters. The fraction of sp³-hybridized carbons (Fsp3) is 0.583. The summed E-state index contributed by atoms with van der Waals surface area (Å²) in [6, 6.07) is 3.95. The van der Waals surface area contributed by atoms with E-state index >= 15 is 0 Å². The highest BCUT2D eigenvalue weighted by Crippen LogP contribution is 2.18. The lowest BCUT2D eigenvalue weighted by molar-refractivity contribution is 0.240. The third-order valence-corrected chi connectivity index (χ3v) is 3.52. The molecule has 0 aliphatic heterocycles. The van der Waals surface area contributed by atoms with Gasteiger partial charge in [-0.25, -0.2) is 4.98 Å². The molecule has 0 saturated heterocycles. The molecule has 1 atom stereocenters. The number of hydrogen-bond donors (Lipinski definition) is 2. The lowest BCUT2D eigenvalue weighted by atomic mass is 10.2. The molecule has 1 rings (SSSR count). The zero-order valence-electron chi connectivity index (χ0n) is 10.0. The summed E-state index contributed by atoms with van der Waals surface area (Å²) in [5, 5.41) is 14.1. The van der Waals surface area contributed by atoms with Gasteiger partial charge in [-0.2, -0.15) is 0 Å². The molecule has 0 bridgehead atoms. The maximum absolute atomic E-state index is 9.18. The van der Waals surface area contributed by atoms with Crippen LogP contribution in [0.3, 0.4) is 0 Å². The van der Waals surface area contributed by atoms with Crippen molar-refractivity contribution in [3.63, 3.8) is 0 Å². The smallest absolute Gasteiger partial charge is 0.0960 e. The second-order valence-electron chi connectivity index (χ2n) is 3.79. The molecular formula is C12H19ClN2OS. The molecule has 0 radical (unpaired) electrons. The summed E-state index contributed by atoms with van der Waals surface area (Å²) in [6.45, 7) is 3.26. The number of hydrogen-bond acceptors (Lipinski definition) is 4. The van der Waals surface area contributed by atoms with Crippen molar-refractivity contribution in [2.24, 2.45) is 0 Å². The van der Waals surface area contributed by atoms with E-state index in [1.807, 2.05) is 12.1 Å². The van der Waals surface area contributed by atoms with Gasteiger partial charge in [0.15, 0.2) is 0 Å². The van der Waals surface area contributed by atoms with Crippen LogP contribution in [0.1, 0.15) is 19.8 Å². The topological polar surface area (TPSA) is 45.1 Å². The van der Waals surface area contributed by atoms with E-state index in [9.17, 15) is 5.11 Å². The molecule has 96 valence electrons. The first-order valence-corrected chi connectivity index (χ1v) is 7.21. The first-order chi connectivity index (χ1) is 8.26. The van der Waals surface area contributed by atoms with Gasteiger partial charge in [0.25, 0.3) is 0 Å². The van der Waals surface area contributed by atoms with Crippen LogP contribution in [0, 0.1) is 0 Å². The van der Waals surface area contributed by atoms with Gasteiger partial charge in [-0.3, -0.25) is 0 Å². The Bertz CT molecular complexity index is 308. The number of nitrogens with zero attached hydrogens (tertiary/aromatic N) is 1. The minimum Gasteiger partial charge on any atom is -0.395 e. The summed E-state index contributed by atoms with van der Waals surface area (Å²) < 4.78 is 0. The van der Waals surface area contributed by atoms with Crippen molar-refractivity contribution in [3.05, 3.63) is 23.4 Å². The fourth-order valence-corrected chi connectivity index (χ4v) is 2.37. The number of aromatic nitrogens is 1. The van der Waals surface area contributed by atoms with Gasteiger partial charge in [0.05, 0.1) is 16.7 Å². The minimum atomic E-state index is 0.189. The molecule has 1 aromatic rings. The van der Waals surface area contributed by atoms with Crippen LogP contribution in [0.25, 0.3) is 0 Å². The second-order valence-corrected chi connectivity index (χ2v) is 5.34.